The van der Waals surface area contributed by atoms with Crippen molar-refractivity contribution in [2.24, 2.45) is 35.5 Å². The Bertz CT molecular complexity index is 240. The van der Waals surface area contributed by atoms with Crippen LogP contribution in [0.1, 0.15) is 107 Å². The molecule has 0 aromatic heterocycles. The fraction of sp³-hybridized carbons (Fsp3) is 1.00. The molecule has 0 rings (SSSR count). The normalized spacial score (nSPS) is 17.7. The Hall–Kier alpha value is 0. The topological polar surface area (TPSA) is 0 Å². The molecule has 0 spiro atoms. The Morgan fingerprint density at radius 1 is 0.455 bits per heavy atom. The highest BCUT2D eigenvalue weighted by molar-refractivity contribution is 4.66. The monoisotopic (exact) mass is 310 g/mol. The van der Waals surface area contributed by atoms with E-state index in [0.717, 1.165) is 35.5 Å². The van der Waals surface area contributed by atoms with E-state index in [1.807, 2.05) is 0 Å². The predicted molar refractivity (Wildman–Crippen MR) is 103 cm³/mol. The molecule has 0 saturated carbocycles. The second-order valence-corrected chi connectivity index (χ2v) is 9.11. The highest BCUT2D eigenvalue weighted by Crippen LogP contribution is 2.27. The molecular weight excluding hydrogens is 264 g/mol. The zero-order valence-corrected chi connectivity index (χ0v) is 17.1. The summed E-state index contributed by atoms with van der Waals surface area (Å²) in [6.45, 7) is 19.2. The van der Waals surface area contributed by atoms with Crippen molar-refractivity contribution in [3.05, 3.63) is 0 Å². The lowest BCUT2D eigenvalue weighted by molar-refractivity contribution is 0.294. The second-order valence-electron chi connectivity index (χ2n) is 9.11. The van der Waals surface area contributed by atoms with Gasteiger partial charge in [0.1, 0.15) is 0 Å². The van der Waals surface area contributed by atoms with Gasteiger partial charge in [0.15, 0.2) is 0 Å². The summed E-state index contributed by atoms with van der Waals surface area (Å²) in [4.78, 5) is 0. The molecule has 0 aliphatic carbocycles. The Morgan fingerprint density at radius 3 is 1.50 bits per heavy atom. The van der Waals surface area contributed by atoms with Crippen LogP contribution in [0.3, 0.4) is 0 Å². The van der Waals surface area contributed by atoms with E-state index in [-0.39, 0.29) is 0 Å². The van der Waals surface area contributed by atoms with E-state index in [1.54, 1.807) is 0 Å². The van der Waals surface area contributed by atoms with Crippen LogP contribution in [0.25, 0.3) is 0 Å². The molecule has 0 nitrogen and oxygen atoms in total. The first kappa shape index (κ1) is 22.0. The lowest BCUT2D eigenvalue weighted by Gasteiger charge is -2.22. The van der Waals surface area contributed by atoms with Gasteiger partial charge in [-0.1, -0.05) is 107 Å². The third-order valence-electron chi connectivity index (χ3n) is 6.02. The van der Waals surface area contributed by atoms with Gasteiger partial charge in [-0.05, 0) is 35.5 Å². The van der Waals surface area contributed by atoms with E-state index < -0.39 is 0 Å². The molecule has 0 heteroatoms. The largest absolute Gasteiger partial charge is 0.0628 e. The van der Waals surface area contributed by atoms with Gasteiger partial charge in [-0.25, -0.2) is 0 Å². The molecule has 0 saturated heterocycles. The molecule has 4 atom stereocenters. The maximum absolute atomic E-state index is 2.48. The number of hydrogen-bond acceptors (Lipinski definition) is 0. The molecule has 0 aliphatic rings. The van der Waals surface area contributed by atoms with Crippen molar-refractivity contribution in [1.82, 2.24) is 0 Å². The van der Waals surface area contributed by atoms with E-state index in [9.17, 15) is 0 Å². The van der Waals surface area contributed by atoms with Crippen molar-refractivity contribution < 1.29 is 0 Å². The summed E-state index contributed by atoms with van der Waals surface area (Å²) in [5.41, 5.74) is 0. The van der Waals surface area contributed by atoms with Crippen LogP contribution >= 0.6 is 0 Å². The summed E-state index contributed by atoms with van der Waals surface area (Å²) < 4.78 is 0. The molecule has 0 aromatic carbocycles. The van der Waals surface area contributed by atoms with E-state index in [1.165, 1.54) is 51.4 Å². The van der Waals surface area contributed by atoms with Crippen molar-refractivity contribution in [1.29, 1.82) is 0 Å². The van der Waals surface area contributed by atoms with Crippen LogP contribution < -0.4 is 0 Å². The van der Waals surface area contributed by atoms with Crippen molar-refractivity contribution in [3.63, 3.8) is 0 Å². The molecule has 0 N–H and O–H groups in total. The molecule has 0 aliphatic heterocycles. The Morgan fingerprint density at radius 2 is 0.955 bits per heavy atom. The molecule has 22 heavy (non-hydrogen) atoms. The maximum atomic E-state index is 2.48. The summed E-state index contributed by atoms with van der Waals surface area (Å²) in [5.74, 6) is 5.35. The summed E-state index contributed by atoms with van der Waals surface area (Å²) >= 11 is 0. The minimum absolute atomic E-state index is 0.849. The van der Waals surface area contributed by atoms with Gasteiger partial charge >= 0.3 is 0 Å². The van der Waals surface area contributed by atoms with Gasteiger partial charge in [0.05, 0.1) is 0 Å². The predicted octanol–water partition coefficient (Wildman–Crippen LogP) is 7.96. The second kappa shape index (κ2) is 12.4. The first-order valence-electron chi connectivity index (χ1n) is 10.2. The zero-order chi connectivity index (χ0) is 17.1. The maximum Gasteiger partial charge on any atom is -0.0417 e. The SMILES string of the molecule is CC(C)CCCC(C)C(C)CCC(C)CCCC(C)C(C)C. The van der Waals surface area contributed by atoms with Gasteiger partial charge in [0.2, 0.25) is 0 Å². The minimum atomic E-state index is 0.849. The quantitative estimate of drug-likeness (QED) is 0.323. The lowest BCUT2D eigenvalue weighted by Crippen LogP contribution is -2.10. The van der Waals surface area contributed by atoms with Gasteiger partial charge < -0.3 is 0 Å². The number of hydrogen-bond donors (Lipinski definition) is 0. The molecular formula is C22H46. The van der Waals surface area contributed by atoms with Gasteiger partial charge in [0, 0.05) is 0 Å². The fourth-order valence-corrected chi connectivity index (χ4v) is 3.23. The van der Waals surface area contributed by atoms with E-state index in [2.05, 4.69) is 55.4 Å². The highest BCUT2D eigenvalue weighted by atomic mass is 14.2. The Labute approximate surface area is 142 Å². The summed E-state index contributed by atoms with van der Waals surface area (Å²) in [6.07, 6.45) is 11.4. The molecule has 4 unspecified atom stereocenters. The van der Waals surface area contributed by atoms with Gasteiger partial charge in [0.25, 0.3) is 0 Å². The first-order valence-corrected chi connectivity index (χ1v) is 10.2. The van der Waals surface area contributed by atoms with Crippen molar-refractivity contribution in [2.75, 3.05) is 0 Å². The molecule has 0 aromatic rings. The lowest BCUT2D eigenvalue weighted by atomic mass is 9.84. The van der Waals surface area contributed by atoms with Crippen molar-refractivity contribution in [2.45, 2.75) is 107 Å². The van der Waals surface area contributed by atoms with Crippen LogP contribution in [-0.4, -0.2) is 0 Å². The molecule has 0 amide bonds. The van der Waals surface area contributed by atoms with E-state index in [0.29, 0.717) is 0 Å². The van der Waals surface area contributed by atoms with Crippen LogP contribution in [0.15, 0.2) is 0 Å². The van der Waals surface area contributed by atoms with Gasteiger partial charge in [-0.2, -0.15) is 0 Å². The number of rotatable bonds is 13. The van der Waals surface area contributed by atoms with Crippen LogP contribution in [0.2, 0.25) is 0 Å². The zero-order valence-electron chi connectivity index (χ0n) is 17.1. The summed E-state index contributed by atoms with van der Waals surface area (Å²) in [5, 5.41) is 0. The summed E-state index contributed by atoms with van der Waals surface area (Å²) in [7, 11) is 0. The molecule has 0 bridgehead atoms. The van der Waals surface area contributed by atoms with Crippen LogP contribution in [0.4, 0.5) is 0 Å². The third-order valence-corrected chi connectivity index (χ3v) is 6.02. The first-order chi connectivity index (χ1) is 10.2. The highest BCUT2D eigenvalue weighted by Gasteiger charge is 2.14. The van der Waals surface area contributed by atoms with Crippen LogP contribution in [0, 0.1) is 35.5 Å². The standard InChI is InChI=1S/C22H46/c1-17(2)11-9-14-21(7)22(8)16-15-19(5)12-10-13-20(6)18(3)4/h17-22H,9-16H2,1-8H3. The average Bonchev–Trinajstić information content (AvgIpc) is 2.43. The third kappa shape index (κ3) is 11.6. The van der Waals surface area contributed by atoms with Crippen LogP contribution in [0.5, 0.6) is 0 Å². The van der Waals surface area contributed by atoms with Crippen LogP contribution in [-0.2, 0) is 0 Å². The van der Waals surface area contributed by atoms with Gasteiger partial charge in [-0.15, -0.1) is 0 Å². The van der Waals surface area contributed by atoms with E-state index in [4.69, 9.17) is 0 Å². The summed E-state index contributed by atoms with van der Waals surface area (Å²) in [6, 6.07) is 0. The molecule has 0 heterocycles. The average molecular weight is 311 g/mol. The molecule has 0 radical (unpaired) electrons. The van der Waals surface area contributed by atoms with E-state index >= 15 is 0 Å². The Kier molecular flexibility index (Phi) is 12.4. The Balaban J connectivity index is 3.72. The van der Waals surface area contributed by atoms with Gasteiger partial charge in [-0.3, -0.25) is 0 Å². The fourth-order valence-electron chi connectivity index (χ4n) is 3.23. The smallest absolute Gasteiger partial charge is 0.0417 e. The minimum Gasteiger partial charge on any atom is -0.0628 e. The van der Waals surface area contributed by atoms with Crippen molar-refractivity contribution >= 4 is 0 Å². The van der Waals surface area contributed by atoms with Crippen molar-refractivity contribution in [3.8, 4) is 0 Å². The molecule has 0 fully saturated rings. The molecule has 134 valence electrons.